The molecular weight excluding hydrogens is 481 g/mol. The molecule has 10 heteroatoms. The summed E-state index contributed by atoms with van der Waals surface area (Å²) in [5.41, 5.74) is 1.72. The molecule has 1 heterocycles. The third-order valence-electron chi connectivity index (χ3n) is 6.77. The molecule has 0 unspecified atom stereocenters. The molecule has 6 nitrogen and oxygen atoms in total. The molecule has 188 valence electrons. The van der Waals surface area contributed by atoms with E-state index >= 15 is 0 Å². The summed E-state index contributed by atoms with van der Waals surface area (Å²) < 4.78 is 74.3. The number of halogens is 3. The topological polar surface area (TPSA) is 75.7 Å². The Bertz CT molecular complexity index is 1250. The van der Waals surface area contributed by atoms with Crippen LogP contribution in [0.1, 0.15) is 58.6 Å². The number of rotatable bonds is 8. The van der Waals surface area contributed by atoms with Crippen LogP contribution in [0, 0.1) is 17.5 Å². The zero-order chi connectivity index (χ0) is 24.7. The van der Waals surface area contributed by atoms with E-state index in [1.165, 1.54) is 24.3 Å². The molecule has 2 aromatic rings. The van der Waals surface area contributed by atoms with Crippen molar-refractivity contribution in [1.29, 1.82) is 0 Å². The van der Waals surface area contributed by atoms with Gasteiger partial charge in [0.2, 0.25) is 10.0 Å². The first kappa shape index (κ1) is 24.3. The molecule has 1 aliphatic heterocycles. The van der Waals surface area contributed by atoms with Crippen molar-refractivity contribution in [2.24, 2.45) is 0 Å². The van der Waals surface area contributed by atoms with Gasteiger partial charge >= 0.3 is 0 Å². The molecule has 2 aliphatic carbocycles. The van der Waals surface area contributed by atoms with Gasteiger partial charge in [-0.05, 0) is 66.5 Å². The van der Waals surface area contributed by atoms with Crippen LogP contribution in [0.15, 0.2) is 30.3 Å². The van der Waals surface area contributed by atoms with E-state index in [2.05, 4.69) is 4.90 Å². The van der Waals surface area contributed by atoms with Crippen LogP contribution < -0.4 is 4.72 Å². The second kappa shape index (κ2) is 9.55. The molecule has 0 radical (unpaired) electrons. The second-order valence-corrected chi connectivity index (χ2v) is 11.6. The van der Waals surface area contributed by atoms with Crippen molar-refractivity contribution >= 4 is 15.9 Å². The fraction of sp³-hybridized carbons (Fsp3) is 0.480. The lowest BCUT2D eigenvalue weighted by atomic mass is 9.98. The highest BCUT2D eigenvalue weighted by Gasteiger charge is 2.38. The number of hydrogen-bond acceptors (Lipinski definition) is 5. The van der Waals surface area contributed by atoms with Gasteiger partial charge in [-0.3, -0.25) is 9.69 Å². The molecule has 2 aromatic carbocycles. The maximum atomic E-state index is 15.0. The van der Waals surface area contributed by atoms with Gasteiger partial charge in [-0.25, -0.2) is 26.3 Å². The minimum atomic E-state index is -3.77. The maximum absolute atomic E-state index is 15.0. The SMILES string of the molecule is O=C(NS(=O)(=O)C1CC1)c1cc(C2CC2)c(CN2CCO[C@H](Cc3ccc(F)cc3F)C2)cc1F. The molecule has 35 heavy (non-hydrogen) atoms. The molecule has 5 rings (SSSR count). The van der Waals surface area contributed by atoms with Gasteiger partial charge in [0.25, 0.3) is 5.91 Å². The molecule has 2 saturated carbocycles. The van der Waals surface area contributed by atoms with Crippen molar-refractivity contribution in [3.8, 4) is 0 Å². The van der Waals surface area contributed by atoms with Crippen molar-refractivity contribution in [2.45, 2.75) is 55.9 Å². The third-order valence-corrected chi connectivity index (χ3v) is 8.59. The summed E-state index contributed by atoms with van der Waals surface area (Å²) in [6.07, 6.45) is 2.86. The lowest BCUT2D eigenvalue weighted by molar-refractivity contribution is -0.0309. The normalized spacial score (nSPS) is 21.2. The van der Waals surface area contributed by atoms with Crippen LogP contribution in [0.3, 0.4) is 0 Å². The first-order valence-electron chi connectivity index (χ1n) is 11.9. The quantitative estimate of drug-likeness (QED) is 0.589. The monoisotopic (exact) mass is 508 g/mol. The van der Waals surface area contributed by atoms with E-state index in [-0.39, 0.29) is 17.6 Å². The Labute approximate surface area is 202 Å². The van der Waals surface area contributed by atoms with E-state index in [0.717, 1.165) is 30.0 Å². The number of benzene rings is 2. The maximum Gasteiger partial charge on any atom is 0.267 e. The minimum Gasteiger partial charge on any atom is -0.375 e. The Hall–Kier alpha value is -2.43. The summed E-state index contributed by atoms with van der Waals surface area (Å²) in [6, 6.07) is 6.31. The number of carbonyl (C=O) groups is 1. The van der Waals surface area contributed by atoms with Gasteiger partial charge in [-0.15, -0.1) is 0 Å². The Balaban J connectivity index is 1.30. The number of nitrogens with zero attached hydrogens (tertiary/aromatic N) is 1. The highest BCUT2D eigenvalue weighted by Crippen LogP contribution is 2.43. The number of carbonyl (C=O) groups excluding carboxylic acids is 1. The van der Waals surface area contributed by atoms with E-state index in [0.29, 0.717) is 51.1 Å². The van der Waals surface area contributed by atoms with Crippen molar-refractivity contribution in [3.05, 3.63) is 70.0 Å². The van der Waals surface area contributed by atoms with Gasteiger partial charge in [0.1, 0.15) is 17.5 Å². The van der Waals surface area contributed by atoms with Crippen molar-refractivity contribution in [1.82, 2.24) is 9.62 Å². The van der Waals surface area contributed by atoms with Crippen molar-refractivity contribution < 1.29 is 31.1 Å². The Morgan fingerprint density at radius 3 is 2.49 bits per heavy atom. The van der Waals surface area contributed by atoms with Gasteiger partial charge in [0.05, 0.1) is 23.5 Å². The molecule has 0 aromatic heterocycles. The number of ether oxygens (including phenoxy) is 1. The Kier molecular flexibility index (Phi) is 6.63. The van der Waals surface area contributed by atoms with Gasteiger partial charge in [0, 0.05) is 32.1 Å². The smallest absolute Gasteiger partial charge is 0.267 e. The fourth-order valence-corrected chi connectivity index (χ4v) is 5.88. The van der Waals surface area contributed by atoms with Gasteiger partial charge in [0.15, 0.2) is 0 Å². The molecule has 3 fully saturated rings. The first-order chi connectivity index (χ1) is 16.7. The number of hydrogen-bond donors (Lipinski definition) is 1. The summed E-state index contributed by atoms with van der Waals surface area (Å²) in [5.74, 6) is -2.72. The first-order valence-corrected chi connectivity index (χ1v) is 13.4. The van der Waals surface area contributed by atoms with E-state index in [1.807, 2.05) is 4.72 Å². The Morgan fingerprint density at radius 1 is 1.03 bits per heavy atom. The number of nitrogens with one attached hydrogen (secondary N) is 1. The summed E-state index contributed by atoms with van der Waals surface area (Å²) in [7, 11) is -3.77. The number of sulfonamides is 1. The summed E-state index contributed by atoms with van der Waals surface area (Å²) >= 11 is 0. The molecule has 0 bridgehead atoms. The Morgan fingerprint density at radius 2 is 1.80 bits per heavy atom. The molecule has 1 amide bonds. The van der Waals surface area contributed by atoms with Crippen LogP contribution in [0.4, 0.5) is 13.2 Å². The van der Waals surface area contributed by atoms with E-state index in [9.17, 15) is 26.4 Å². The number of amides is 1. The molecule has 3 aliphatic rings. The zero-order valence-corrected chi connectivity index (χ0v) is 19.9. The second-order valence-electron chi connectivity index (χ2n) is 9.65. The van der Waals surface area contributed by atoms with Gasteiger partial charge in [-0.1, -0.05) is 6.07 Å². The highest BCUT2D eigenvalue weighted by molar-refractivity contribution is 7.91. The lowest BCUT2D eigenvalue weighted by Gasteiger charge is -2.33. The lowest BCUT2D eigenvalue weighted by Crippen LogP contribution is -2.43. The molecule has 1 N–H and O–H groups in total. The van der Waals surface area contributed by atoms with E-state index < -0.39 is 38.6 Å². The molecule has 1 atom stereocenters. The molecular formula is C25H27F3N2O4S. The van der Waals surface area contributed by atoms with Crippen LogP contribution >= 0.6 is 0 Å². The van der Waals surface area contributed by atoms with Crippen LogP contribution in [-0.2, 0) is 27.7 Å². The third kappa shape index (κ3) is 5.70. The van der Waals surface area contributed by atoms with Crippen LogP contribution in [-0.4, -0.2) is 50.3 Å². The van der Waals surface area contributed by atoms with Crippen LogP contribution in [0.25, 0.3) is 0 Å². The van der Waals surface area contributed by atoms with E-state index in [4.69, 9.17) is 4.74 Å². The predicted octanol–water partition coefficient (Wildman–Crippen LogP) is 3.65. The summed E-state index contributed by atoms with van der Waals surface area (Å²) in [4.78, 5) is 14.7. The summed E-state index contributed by atoms with van der Waals surface area (Å²) in [6.45, 7) is 1.95. The zero-order valence-electron chi connectivity index (χ0n) is 19.1. The average Bonchev–Trinajstić information content (AvgIpc) is 3.68. The minimum absolute atomic E-state index is 0.210. The van der Waals surface area contributed by atoms with E-state index in [1.54, 1.807) is 0 Å². The van der Waals surface area contributed by atoms with Crippen molar-refractivity contribution in [2.75, 3.05) is 19.7 Å². The van der Waals surface area contributed by atoms with Gasteiger partial charge < -0.3 is 4.74 Å². The molecule has 1 saturated heterocycles. The largest absolute Gasteiger partial charge is 0.375 e. The predicted molar refractivity (Wildman–Crippen MR) is 123 cm³/mol. The highest BCUT2D eigenvalue weighted by atomic mass is 32.2. The van der Waals surface area contributed by atoms with Gasteiger partial charge in [-0.2, -0.15) is 0 Å². The van der Waals surface area contributed by atoms with Crippen molar-refractivity contribution in [3.63, 3.8) is 0 Å². The standard InChI is InChI=1S/C25H27F3N2O4S/c26-18-4-3-16(23(27)11-18)9-19-14-30(7-8-34-19)13-17-10-24(28)22(12-21(17)15-1-2-15)25(31)29-35(32,33)20-5-6-20/h3-4,10-12,15,19-20H,1-2,5-9,13-14H2,(H,29,31)/t19-/m1/s1. The number of morpholine rings is 1. The average molecular weight is 509 g/mol. The summed E-state index contributed by atoms with van der Waals surface area (Å²) in [5, 5.41) is -0.575. The molecule has 0 spiro atoms. The van der Waals surface area contributed by atoms with Crippen LogP contribution in [0.5, 0.6) is 0 Å². The fourth-order valence-electron chi connectivity index (χ4n) is 4.58. The van der Waals surface area contributed by atoms with Crippen LogP contribution in [0.2, 0.25) is 0 Å².